The van der Waals surface area contributed by atoms with Gasteiger partial charge in [-0.2, -0.15) is 0 Å². The van der Waals surface area contributed by atoms with Crippen molar-refractivity contribution in [1.82, 2.24) is 29.6 Å². The lowest BCUT2D eigenvalue weighted by Crippen LogP contribution is -2.52. The molecule has 3 heterocycles. The molecule has 3 rings (SSSR count). The summed E-state index contributed by atoms with van der Waals surface area (Å²) < 4.78 is 2.01. The Morgan fingerprint density at radius 1 is 1.20 bits per heavy atom. The molecule has 0 bridgehead atoms. The first-order valence-corrected chi connectivity index (χ1v) is 9.69. The predicted octanol–water partition coefficient (Wildman–Crippen LogP) is -1.19. The number of nitrogens with zero attached hydrogens (tertiary/aromatic N) is 5. The molecule has 0 aromatic carbocycles. The van der Waals surface area contributed by atoms with Crippen LogP contribution in [0.3, 0.4) is 0 Å². The summed E-state index contributed by atoms with van der Waals surface area (Å²) in [6, 6.07) is -0.0693. The number of likely N-dealkylation sites (tertiary alicyclic amines) is 1. The summed E-state index contributed by atoms with van der Waals surface area (Å²) in [5.74, 6) is 0. The molecule has 2 aliphatic rings. The van der Waals surface area contributed by atoms with Crippen molar-refractivity contribution < 1.29 is 29.7 Å². The van der Waals surface area contributed by atoms with E-state index in [1.165, 1.54) is 0 Å². The first kappa shape index (κ1) is 25.3. The Morgan fingerprint density at radius 3 is 2.37 bits per heavy atom. The van der Waals surface area contributed by atoms with Crippen molar-refractivity contribution in [3.63, 3.8) is 0 Å². The number of imidazole rings is 1. The van der Waals surface area contributed by atoms with E-state index in [-0.39, 0.29) is 25.0 Å². The summed E-state index contributed by atoms with van der Waals surface area (Å²) in [5, 5.41) is 27.1. The first-order chi connectivity index (χ1) is 14.4. The van der Waals surface area contributed by atoms with Crippen molar-refractivity contribution in [3.05, 3.63) is 18.2 Å². The van der Waals surface area contributed by atoms with Crippen LogP contribution < -0.4 is 5.32 Å². The maximum atomic E-state index is 12.4. The van der Waals surface area contributed by atoms with E-state index in [0.29, 0.717) is 19.6 Å². The van der Waals surface area contributed by atoms with E-state index in [1.54, 1.807) is 17.4 Å². The highest BCUT2D eigenvalue weighted by Gasteiger charge is 2.38. The Morgan fingerprint density at radius 2 is 1.80 bits per heavy atom. The first-order valence-electron chi connectivity index (χ1n) is 9.69. The number of hydrogen-bond donors (Lipinski definition) is 4. The van der Waals surface area contributed by atoms with Gasteiger partial charge in [-0.05, 0) is 14.0 Å². The minimum atomic E-state index is -0.472. The van der Waals surface area contributed by atoms with Crippen molar-refractivity contribution in [2.24, 2.45) is 0 Å². The lowest BCUT2D eigenvalue weighted by molar-refractivity contribution is -0.123. The van der Waals surface area contributed by atoms with Gasteiger partial charge in [0.15, 0.2) is 0 Å². The zero-order chi connectivity index (χ0) is 22.5. The van der Waals surface area contributed by atoms with Crippen LogP contribution in [0.4, 0.5) is 4.79 Å². The van der Waals surface area contributed by atoms with Gasteiger partial charge in [-0.1, -0.05) is 0 Å². The van der Waals surface area contributed by atoms with Gasteiger partial charge in [0.1, 0.15) is 0 Å². The predicted molar refractivity (Wildman–Crippen MR) is 108 cm³/mol. The molecule has 1 aromatic heterocycles. The fourth-order valence-electron chi connectivity index (χ4n) is 3.51. The Kier molecular flexibility index (Phi) is 11.4. The average molecular weight is 428 g/mol. The van der Waals surface area contributed by atoms with Gasteiger partial charge in [0.05, 0.1) is 30.7 Å². The molecule has 4 N–H and O–H groups in total. The quantitative estimate of drug-likeness (QED) is 0.434. The summed E-state index contributed by atoms with van der Waals surface area (Å²) >= 11 is 0. The molecule has 12 heteroatoms. The summed E-state index contributed by atoms with van der Waals surface area (Å²) in [6.45, 7) is 7.74. The minimum Gasteiger partial charge on any atom is -0.483 e. The topological polar surface area (TPSA) is 151 Å². The number of hydrogen-bond acceptors (Lipinski definition) is 7. The number of likely N-dealkylation sites (N-methyl/N-ethyl adjacent to an activating group) is 1. The van der Waals surface area contributed by atoms with Gasteiger partial charge in [0, 0.05) is 52.0 Å². The number of carbonyl (C=O) groups excluding carboxylic acids is 1. The second kappa shape index (κ2) is 13.5. The molecule has 170 valence electrons. The van der Waals surface area contributed by atoms with Crippen LogP contribution in [0.5, 0.6) is 0 Å². The number of aliphatic hydroxyl groups excluding tert-OH is 1. The van der Waals surface area contributed by atoms with Gasteiger partial charge >= 0.3 is 6.03 Å². The van der Waals surface area contributed by atoms with Crippen LogP contribution in [0.2, 0.25) is 0 Å². The van der Waals surface area contributed by atoms with Crippen molar-refractivity contribution in [2.45, 2.75) is 32.2 Å². The number of rotatable bonds is 4. The smallest absolute Gasteiger partial charge is 0.317 e. The summed E-state index contributed by atoms with van der Waals surface area (Å²) in [7, 11) is 2.11. The van der Waals surface area contributed by atoms with Crippen LogP contribution in [0.1, 0.15) is 12.6 Å². The zero-order valence-corrected chi connectivity index (χ0v) is 17.4. The molecule has 0 radical (unpaired) electrons. The average Bonchev–Trinajstić information content (AvgIpc) is 3.34. The highest BCUT2D eigenvalue weighted by atomic mass is 16.3. The number of amides is 2. The van der Waals surface area contributed by atoms with Gasteiger partial charge < -0.3 is 35.0 Å². The van der Waals surface area contributed by atoms with Gasteiger partial charge in [0.25, 0.3) is 12.9 Å². The SMILES string of the molecule is CCn1cncc1CNC(=O)N1C[C@H](O)[C@@H](N2CCN(C)CC2)C1.O=CO.O=CO. The third-order valence-corrected chi connectivity index (χ3v) is 5.11. The largest absolute Gasteiger partial charge is 0.483 e. The standard InChI is InChI=1S/C16H28N6O2.2CH2O2/c1-3-20-12-17-8-13(20)9-18-16(24)22-10-14(15(23)11-22)21-6-4-19(2)5-7-21;2*2-1-3/h8,12,14-15,23H,3-7,9-11H2,1-2H3,(H,18,24);2*1H,(H,2,3)/t14-,15-;;/m0../s1. The van der Waals surface area contributed by atoms with Crippen LogP contribution in [0.15, 0.2) is 12.5 Å². The summed E-state index contributed by atoms with van der Waals surface area (Å²) in [4.78, 5) is 39.6. The van der Waals surface area contributed by atoms with Crippen molar-refractivity contribution in [3.8, 4) is 0 Å². The molecule has 2 fully saturated rings. The number of aromatic nitrogens is 2. The lowest BCUT2D eigenvalue weighted by Gasteiger charge is -2.37. The molecule has 0 unspecified atom stereocenters. The van der Waals surface area contributed by atoms with Crippen LogP contribution in [-0.4, -0.2) is 117 Å². The zero-order valence-electron chi connectivity index (χ0n) is 17.4. The summed E-state index contributed by atoms with van der Waals surface area (Å²) in [6.07, 6.45) is 3.07. The minimum absolute atomic E-state index is 0.0469. The molecule has 30 heavy (non-hydrogen) atoms. The number of β-amino-alcohol motifs (C(OH)–C–C–N with tert-alkyl or cyclic N) is 1. The van der Waals surface area contributed by atoms with Crippen LogP contribution in [0.25, 0.3) is 0 Å². The van der Waals surface area contributed by atoms with Crippen LogP contribution >= 0.6 is 0 Å². The number of piperazine rings is 1. The molecule has 2 amide bonds. The van der Waals surface area contributed by atoms with E-state index in [9.17, 15) is 9.90 Å². The van der Waals surface area contributed by atoms with Gasteiger partial charge in [-0.3, -0.25) is 14.5 Å². The monoisotopic (exact) mass is 428 g/mol. The molecule has 2 aliphatic heterocycles. The molecule has 0 aliphatic carbocycles. The molecular formula is C18H32N6O6. The van der Waals surface area contributed by atoms with Gasteiger partial charge in [0.2, 0.25) is 0 Å². The van der Waals surface area contributed by atoms with Crippen molar-refractivity contribution >= 4 is 19.0 Å². The number of carbonyl (C=O) groups is 3. The van der Waals surface area contributed by atoms with Gasteiger partial charge in [-0.25, -0.2) is 9.78 Å². The highest BCUT2D eigenvalue weighted by molar-refractivity contribution is 5.74. The summed E-state index contributed by atoms with van der Waals surface area (Å²) in [5.41, 5.74) is 0.987. The van der Waals surface area contributed by atoms with E-state index in [0.717, 1.165) is 38.4 Å². The third-order valence-electron chi connectivity index (χ3n) is 5.11. The lowest BCUT2D eigenvalue weighted by atomic mass is 10.1. The Hall–Kier alpha value is -2.70. The normalized spacial score (nSPS) is 21.6. The highest BCUT2D eigenvalue weighted by Crippen LogP contribution is 2.18. The van der Waals surface area contributed by atoms with E-state index in [4.69, 9.17) is 19.8 Å². The van der Waals surface area contributed by atoms with Gasteiger partial charge in [-0.15, -0.1) is 0 Å². The fraction of sp³-hybridized carbons (Fsp3) is 0.667. The Balaban J connectivity index is 0.000000672. The van der Waals surface area contributed by atoms with Crippen LogP contribution in [-0.2, 0) is 22.7 Å². The van der Waals surface area contributed by atoms with Crippen molar-refractivity contribution in [2.75, 3.05) is 46.3 Å². The van der Waals surface area contributed by atoms with E-state index < -0.39 is 6.10 Å². The van der Waals surface area contributed by atoms with E-state index in [1.807, 2.05) is 11.5 Å². The number of carboxylic acid groups (broad SMARTS) is 2. The maximum absolute atomic E-state index is 12.4. The Labute approximate surface area is 175 Å². The van der Waals surface area contributed by atoms with E-state index >= 15 is 0 Å². The third kappa shape index (κ3) is 7.61. The number of aliphatic hydroxyl groups is 1. The number of urea groups is 1. The maximum Gasteiger partial charge on any atom is 0.317 e. The van der Waals surface area contributed by atoms with Crippen molar-refractivity contribution in [1.29, 1.82) is 0 Å². The second-order valence-electron chi connectivity index (χ2n) is 6.92. The molecule has 0 saturated carbocycles. The molecular weight excluding hydrogens is 396 g/mol. The molecule has 2 saturated heterocycles. The van der Waals surface area contributed by atoms with Crippen LogP contribution in [0, 0.1) is 0 Å². The molecule has 12 nitrogen and oxygen atoms in total. The number of nitrogens with one attached hydrogen (secondary N) is 1. The molecule has 2 atom stereocenters. The molecule has 0 spiro atoms. The number of aryl methyl sites for hydroxylation is 1. The second-order valence-corrected chi connectivity index (χ2v) is 6.92. The van der Waals surface area contributed by atoms with E-state index in [2.05, 4.69) is 27.1 Å². The molecule has 1 aromatic rings. The Bertz CT molecular complexity index is 643. The fourth-order valence-corrected chi connectivity index (χ4v) is 3.51.